The summed E-state index contributed by atoms with van der Waals surface area (Å²) >= 11 is 12.4. The molecule has 1 heterocycles. The highest BCUT2D eigenvalue weighted by molar-refractivity contribution is 6.31. The van der Waals surface area contributed by atoms with Gasteiger partial charge in [0.05, 0.1) is 11.6 Å². The summed E-state index contributed by atoms with van der Waals surface area (Å²) in [5.74, 6) is -1.00. The molecule has 0 amide bonds. The Hall–Kier alpha value is -1.76. The number of benzene rings is 2. The summed E-state index contributed by atoms with van der Waals surface area (Å²) in [5.41, 5.74) is -0.0170. The maximum atomic E-state index is 13.3. The zero-order chi connectivity index (χ0) is 20.5. The second kappa shape index (κ2) is 8.31. The topological polar surface area (TPSA) is 40.5 Å². The number of carboxylic acids is 1. The second-order valence-electron chi connectivity index (χ2n) is 6.78. The standard InChI is InChI=1S/C20H18Cl2F3NO2/c21-14-5-3-4-12(10-14)18(26-9-2-1-6-17(26)19(27)28)15-11-13(20(23,24)25)7-8-16(15)22/h3-5,7-8,10-11,17-18H,1-2,6,9H2,(H,27,28). The van der Waals surface area contributed by atoms with E-state index in [1.807, 2.05) is 0 Å². The molecule has 28 heavy (non-hydrogen) atoms. The van der Waals surface area contributed by atoms with Gasteiger partial charge in [-0.1, -0.05) is 41.8 Å². The molecule has 2 unspecified atom stereocenters. The number of nitrogens with zero attached hydrogens (tertiary/aromatic N) is 1. The lowest BCUT2D eigenvalue weighted by atomic mass is 9.91. The molecule has 0 spiro atoms. The van der Waals surface area contributed by atoms with Crippen LogP contribution in [0.3, 0.4) is 0 Å². The van der Waals surface area contributed by atoms with Gasteiger partial charge in [0.1, 0.15) is 6.04 Å². The summed E-state index contributed by atoms with van der Waals surface area (Å²) in [4.78, 5) is 13.5. The van der Waals surface area contributed by atoms with E-state index in [0.717, 1.165) is 25.0 Å². The van der Waals surface area contributed by atoms with Gasteiger partial charge < -0.3 is 5.11 Å². The average molecular weight is 432 g/mol. The van der Waals surface area contributed by atoms with Crippen molar-refractivity contribution < 1.29 is 23.1 Å². The highest BCUT2D eigenvalue weighted by Crippen LogP contribution is 2.40. The Morgan fingerprint density at radius 3 is 2.54 bits per heavy atom. The predicted molar refractivity (Wildman–Crippen MR) is 102 cm³/mol. The first-order valence-electron chi connectivity index (χ1n) is 8.79. The van der Waals surface area contributed by atoms with Crippen LogP contribution in [0.4, 0.5) is 13.2 Å². The van der Waals surface area contributed by atoms with Crippen LogP contribution < -0.4 is 0 Å². The van der Waals surface area contributed by atoms with Gasteiger partial charge in [-0.25, -0.2) is 0 Å². The van der Waals surface area contributed by atoms with Crippen LogP contribution in [0, 0.1) is 0 Å². The number of aliphatic carboxylic acids is 1. The fraction of sp³-hybridized carbons (Fsp3) is 0.350. The minimum atomic E-state index is -4.54. The van der Waals surface area contributed by atoms with E-state index >= 15 is 0 Å². The first-order chi connectivity index (χ1) is 13.2. The molecule has 0 saturated carbocycles. The SMILES string of the molecule is O=C(O)C1CCCCN1C(c1cccc(Cl)c1)c1cc(C(F)(F)F)ccc1Cl. The van der Waals surface area contributed by atoms with Crippen molar-refractivity contribution in [3.05, 3.63) is 69.2 Å². The van der Waals surface area contributed by atoms with Gasteiger partial charge in [-0.15, -0.1) is 0 Å². The number of likely N-dealkylation sites (tertiary alicyclic amines) is 1. The number of carboxylic acid groups (broad SMARTS) is 1. The van der Waals surface area contributed by atoms with E-state index in [9.17, 15) is 23.1 Å². The maximum Gasteiger partial charge on any atom is 0.416 e. The third-order valence-corrected chi connectivity index (χ3v) is 5.52. The molecule has 8 heteroatoms. The molecule has 0 aromatic heterocycles. The summed E-state index contributed by atoms with van der Waals surface area (Å²) < 4.78 is 39.9. The molecular weight excluding hydrogens is 414 g/mol. The van der Waals surface area contributed by atoms with Gasteiger partial charge in [0.15, 0.2) is 0 Å². The quantitative estimate of drug-likeness (QED) is 0.641. The molecular formula is C20H18Cl2F3NO2. The number of carbonyl (C=O) groups is 1. The number of halogens is 5. The molecule has 1 saturated heterocycles. The molecule has 1 aliphatic rings. The van der Waals surface area contributed by atoms with E-state index in [0.29, 0.717) is 23.6 Å². The molecule has 2 aromatic carbocycles. The zero-order valence-corrected chi connectivity index (χ0v) is 16.2. The van der Waals surface area contributed by atoms with E-state index in [-0.39, 0.29) is 10.6 Å². The highest BCUT2D eigenvalue weighted by atomic mass is 35.5. The predicted octanol–water partition coefficient (Wildman–Crippen LogP) is 6.04. The molecule has 0 aliphatic carbocycles. The first-order valence-corrected chi connectivity index (χ1v) is 9.54. The Balaban J connectivity index is 2.18. The van der Waals surface area contributed by atoms with Crippen LogP contribution in [-0.2, 0) is 11.0 Å². The molecule has 2 atom stereocenters. The molecule has 3 rings (SSSR count). The van der Waals surface area contributed by atoms with Gasteiger partial charge in [-0.2, -0.15) is 13.2 Å². The largest absolute Gasteiger partial charge is 0.480 e. The number of alkyl halides is 3. The molecule has 3 nitrogen and oxygen atoms in total. The van der Waals surface area contributed by atoms with Crippen molar-refractivity contribution in [3.8, 4) is 0 Å². The number of piperidine rings is 1. The van der Waals surface area contributed by atoms with Gasteiger partial charge >= 0.3 is 12.1 Å². The molecule has 0 bridgehead atoms. The average Bonchev–Trinajstić information content (AvgIpc) is 2.63. The Morgan fingerprint density at radius 1 is 1.14 bits per heavy atom. The summed E-state index contributed by atoms with van der Waals surface area (Å²) in [6, 6.07) is 8.26. The highest BCUT2D eigenvalue weighted by Gasteiger charge is 2.38. The van der Waals surface area contributed by atoms with Crippen LogP contribution in [0.2, 0.25) is 10.0 Å². The third-order valence-electron chi connectivity index (χ3n) is 4.94. The Morgan fingerprint density at radius 2 is 1.89 bits per heavy atom. The van der Waals surface area contributed by atoms with E-state index in [4.69, 9.17) is 23.2 Å². The van der Waals surface area contributed by atoms with Crippen molar-refractivity contribution in [1.29, 1.82) is 0 Å². The third kappa shape index (κ3) is 4.45. The van der Waals surface area contributed by atoms with Crippen molar-refractivity contribution in [2.75, 3.05) is 6.54 Å². The molecule has 2 aromatic rings. The van der Waals surface area contributed by atoms with Gasteiger partial charge in [0.25, 0.3) is 0 Å². The van der Waals surface area contributed by atoms with Crippen molar-refractivity contribution >= 4 is 29.2 Å². The monoisotopic (exact) mass is 431 g/mol. The summed E-state index contributed by atoms with van der Waals surface area (Å²) in [6.45, 7) is 0.431. The van der Waals surface area contributed by atoms with E-state index in [1.54, 1.807) is 29.2 Å². The van der Waals surface area contributed by atoms with Crippen molar-refractivity contribution in [3.63, 3.8) is 0 Å². The fourth-order valence-electron chi connectivity index (χ4n) is 3.68. The molecule has 1 N–H and O–H groups in total. The zero-order valence-electron chi connectivity index (χ0n) is 14.7. The summed E-state index contributed by atoms with van der Waals surface area (Å²) in [6.07, 6.45) is -2.63. The van der Waals surface area contributed by atoms with E-state index in [2.05, 4.69) is 0 Å². The minimum Gasteiger partial charge on any atom is -0.480 e. The van der Waals surface area contributed by atoms with E-state index in [1.165, 1.54) is 6.07 Å². The fourth-order valence-corrected chi connectivity index (χ4v) is 4.10. The number of hydrogen-bond acceptors (Lipinski definition) is 2. The van der Waals surface area contributed by atoms with Gasteiger partial charge in [-0.3, -0.25) is 9.69 Å². The van der Waals surface area contributed by atoms with Crippen LogP contribution in [0.5, 0.6) is 0 Å². The maximum absolute atomic E-state index is 13.3. The van der Waals surface area contributed by atoms with E-state index < -0.39 is 29.8 Å². The van der Waals surface area contributed by atoms with Crippen LogP contribution in [0.1, 0.15) is 42.0 Å². The molecule has 1 fully saturated rings. The minimum absolute atomic E-state index is 0.146. The van der Waals surface area contributed by atoms with Crippen molar-refractivity contribution in [2.45, 2.75) is 37.5 Å². The van der Waals surface area contributed by atoms with Crippen LogP contribution >= 0.6 is 23.2 Å². The molecule has 1 aliphatic heterocycles. The van der Waals surface area contributed by atoms with Crippen molar-refractivity contribution in [1.82, 2.24) is 4.90 Å². The summed E-state index contributed by atoms with van der Waals surface area (Å²) in [5, 5.41) is 10.2. The second-order valence-corrected chi connectivity index (χ2v) is 7.62. The van der Waals surface area contributed by atoms with Crippen LogP contribution in [-0.4, -0.2) is 28.6 Å². The lowest BCUT2D eigenvalue weighted by molar-refractivity contribution is -0.145. The van der Waals surface area contributed by atoms with Crippen LogP contribution in [0.25, 0.3) is 0 Å². The Labute approximate surface area is 170 Å². The summed E-state index contributed by atoms with van der Waals surface area (Å²) in [7, 11) is 0. The van der Waals surface area contributed by atoms with Gasteiger partial charge in [0, 0.05) is 10.0 Å². The van der Waals surface area contributed by atoms with Crippen LogP contribution in [0.15, 0.2) is 42.5 Å². The molecule has 150 valence electrons. The lowest BCUT2D eigenvalue weighted by Crippen LogP contribution is -2.47. The normalized spacial score (nSPS) is 19.4. The number of rotatable bonds is 4. The molecule has 0 radical (unpaired) electrons. The van der Waals surface area contributed by atoms with Gasteiger partial charge in [-0.05, 0) is 60.8 Å². The van der Waals surface area contributed by atoms with Crippen molar-refractivity contribution in [2.24, 2.45) is 0 Å². The smallest absolute Gasteiger partial charge is 0.416 e. The first kappa shape index (κ1) is 21.0. The van der Waals surface area contributed by atoms with Gasteiger partial charge in [0.2, 0.25) is 0 Å². The Kier molecular flexibility index (Phi) is 6.22. The lowest BCUT2D eigenvalue weighted by Gasteiger charge is -2.40. The Bertz CT molecular complexity index is 873. The number of hydrogen-bond donors (Lipinski definition) is 1.